The van der Waals surface area contributed by atoms with Crippen LogP contribution < -0.4 is 5.32 Å². The van der Waals surface area contributed by atoms with Crippen LogP contribution in [0.5, 0.6) is 0 Å². The minimum Gasteiger partial charge on any atom is -0.296 e. The van der Waals surface area contributed by atoms with Crippen molar-refractivity contribution < 1.29 is 18.0 Å². The molecule has 2 heterocycles. The second-order valence-electron chi connectivity index (χ2n) is 6.17. The van der Waals surface area contributed by atoms with E-state index >= 15 is 0 Å². The molecule has 3 rings (SSSR count). The monoisotopic (exact) mass is 337 g/mol. The van der Waals surface area contributed by atoms with Crippen molar-refractivity contribution in [1.29, 1.82) is 0 Å². The Kier molecular flexibility index (Phi) is 3.99. The summed E-state index contributed by atoms with van der Waals surface area (Å²) in [6, 6.07) is 9.31. The highest BCUT2D eigenvalue weighted by Gasteiger charge is 2.53. The number of hydrogen-bond donors (Lipinski definition) is 1. The molecule has 0 radical (unpaired) electrons. The number of carbonyl (C=O) groups is 2. The lowest BCUT2D eigenvalue weighted by atomic mass is 9.86. The van der Waals surface area contributed by atoms with Crippen LogP contribution in [-0.4, -0.2) is 49.0 Å². The lowest BCUT2D eigenvalue weighted by Crippen LogP contribution is -2.42. The van der Waals surface area contributed by atoms with Crippen LogP contribution in [0.15, 0.2) is 30.3 Å². The standard InChI is InChI=1S/C15H19N3O4S/c1-17(10-12-5-3-2-4-6-12)23(21,22)18-8-7-15(11-18)9-13(19)16-14(15)20/h2-6H,7-11H2,1H3,(H,16,19,20)/t15-/m1/s1. The molecule has 1 spiro atoms. The summed E-state index contributed by atoms with van der Waals surface area (Å²) in [7, 11) is -2.14. The van der Waals surface area contributed by atoms with Gasteiger partial charge in [0, 0.05) is 33.1 Å². The summed E-state index contributed by atoms with van der Waals surface area (Å²) in [5, 5.41) is 2.28. The average molecular weight is 337 g/mol. The van der Waals surface area contributed by atoms with Crippen LogP contribution in [0.4, 0.5) is 0 Å². The van der Waals surface area contributed by atoms with Crippen molar-refractivity contribution in [3.8, 4) is 0 Å². The van der Waals surface area contributed by atoms with Crippen LogP contribution in [0.2, 0.25) is 0 Å². The minimum atomic E-state index is -3.67. The Labute approximate surface area is 135 Å². The third kappa shape index (κ3) is 2.89. The first-order valence-corrected chi connectivity index (χ1v) is 8.83. The molecule has 23 heavy (non-hydrogen) atoms. The van der Waals surface area contributed by atoms with Crippen molar-refractivity contribution in [3.63, 3.8) is 0 Å². The molecule has 1 aromatic carbocycles. The number of amides is 2. The van der Waals surface area contributed by atoms with Gasteiger partial charge in [0.2, 0.25) is 11.8 Å². The van der Waals surface area contributed by atoms with Crippen LogP contribution in [0.3, 0.4) is 0 Å². The van der Waals surface area contributed by atoms with Crippen molar-refractivity contribution in [2.24, 2.45) is 5.41 Å². The molecule has 0 bridgehead atoms. The number of rotatable bonds is 4. The fourth-order valence-corrected chi connectivity index (χ4v) is 4.61. The summed E-state index contributed by atoms with van der Waals surface area (Å²) in [5.74, 6) is -0.683. The third-order valence-corrected chi connectivity index (χ3v) is 6.40. The topological polar surface area (TPSA) is 86.8 Å². The van der Waals surface area contributed by atoms with E-state index in [1.165, 1.54) is 15.7 Å². The molecule has 2 fully saturated rings. The van der Waals surface area contributed by atoms with Gasteiger partial charge in [-0.15, -0.1) is 0 Å². The van der Waals surface area contributed by atoms with Gasteiger partial charge in [-0.1, -0.05) is 30.3 Å². The molecule has 0 unspecified atom stereocenters. The molecule has 1 atom stereocenters. The molecule has 2 aliphatic rings. The van der Waals surface area contributed by atoms with Crippen molar-refractivity contribution in [3.05, 3.63) is 35.9 Å². The molecule has 2 aliphatic heterocycles. The first kappa shape index (κ1) is 16.1. The molecule has 1 aromatic rings. The lowest BCUT2D eigenvalue weighted by Gasteiger charge is -2.25. The summed E-state index contributed by atoms with van der Waals surface area (Å²) >= 11 is 0. The maximum Gasteiger partial charge on any atom is 0.282 e. The number of nitrogens with one attached hydrogen (secondary N) is 1. The van der Waals surface area contributed by atoms with E-state index in [-0.39, 0.29) is 37.9 Å². The molecule has 1 N–H and O–H groups in total. The Hall–Kier alpha value is -1.77. The molecule has 8 heteroatoms. The number of imide groups is 1. The summed E-state index contributed by atoms with van der Waals surface area (Å²) in [6.07, 6.45) is 0.448. The fourth-order valence-electron chi connectivity index (χ4n) is 3.17. The summed E-state index contributed by atoms with van der Waals surface area (Å²) in [5.41, 5.74) is -0.00106. The zero-order chi connectivity index (χ0) is 16.7. The number of nitrogens with zero attached hydrogens (tertiary/aromatic N) is 2. The van der Waals surface area contributed by atoms with Gasteiger partial charge in [0.05, 0.1) is 5.41 Å². The van der Waals surface area contributed by atoms with Gasteiger partial charge in [-0.2, -0.15) is 17.0 Å². The van der Waals surface area contributed by atoms with Gasteiger partial charge in [-0.25, -0.2) is 0 Å². The second kappa shape index (κ2) is 5.70. The number of benzene rings is 1. The first-order valence-electron chi connectivity index (χ1n) is 7.43. The van der Waals surface area contributed by atoms with Crippen LogP contribution in [0.1, 0.15) is 18.4 Å². The predicted octanol–water partition coefficient (Wildman–Crippen LogP) is 0.102. The zero-order valence-corrected chi connectivity index (χ0v) is 13.7. The zero-order valence-electron chi connectivity index (χ0n) is 12.9. The van der Waals surface area contributed by atoms with E-state index in [9.17, 15) is 18.0 Å². The molecule has 2 amide bonds. The van der Waals surface area contributed by atoms with Crippen molar-refractivity contribution in [1.82, 2.24) is 13.9 Å². The first-order chi connectivity index (χ1) is 10.8. The quantitative estimate of drug-likeness (QED) is 0.790. The second-order valence-corrected chi connectivity index (χ2v) is 8.20. The van der Waals surface area contributed by atoms with E-state index < -0.39 is 15.6 Å². The summed E-state index contributed by atoms with van der Waals surface area (Å²) in [4.78, 5) is 23.4. The smallest absolute Gasteiger partial charge is 0.282 e. The minimum absolute atomic E-state index is 0.0615. The third-order valence-electron chi connectivity index (χ3n) is 4.52. The van der Waals surface area contributed by atoms with E-state index in [4.69, 9.17) is 0 Å². The highest BCUT2D eigenvalue weighted by Crippen LogP contribution is 2.39. The van der Waals surface area contributed by atoms with E-state index in [1.54, 1.807) is 0 Å². The van der Waals surface area contributed by atoms with Gasteiger partial charge in [0.1, 0.15) is 0 Å². The molecule has 0 aliphatic carbocycles. The fraction of sp³-hybridized carbons (Fsp3) is 0.467. The Balaban J connectivity index is 1.73. The molecule has 7 nitrogen and oxygen atoms in total. The van der Waals surface area contributed by atoms with Gasteiger partial charge in [-0.05, 0) is 12.0 Å². The van der Waals surface area contributed by atoms with Crippen LogP contribution in [0, 0.1) is 5.41 Å². The Morgan fingerprint density at radius 3 is 2.57 bits per heavy atom. The Bertz CT molecular complexity index is 734. The largest absolute Gasteiger partial charge is 0.296 e. The average Bonchev–Trinajstić information content (AvgIpc) is 3.05. The predicted molar refractivity (Wildman–Crippen MR) is 83.2 cm³/mol. The maximum atomic E-state index is 12.7. The van der Waals surface area contributed by atoms with Crippen LogP contribution >= 0.6 is 0 Å². The molecule has 0 saturated carbocycles. The lowest BCUT2D eigenvalue weighted by molar-refractivity contribution is -0.128. The number of carbonyl (C=O) groups excluding carboxylic acids is 2. The maximum absolute atomic E-state index is 12.7. The Morgan fingerprint density at radius 1 is 1.26 bits per heavy atom. The molecule has 0 aromatic heterocycles. The van der Waals surface area contributed by atoms with Gasteiger partial charge in [0.15, 0.2) is 0 Å². The molecule has 124 valence electrons. The van der Waals surface area contributed by atoms with Gasteiger partial charge >= 0.3 is 0 Å². The molecule has 2 saturated heterocycles. The highest BCUT2D eigenvalue weighted by atomic mass is 32.2. The van der Waals surface area contributed by atoms with Crippen LogP contribution in [0.25, 0.3) is 0 Å². The SMILES string of the molecule is CN(Cc1ccccc1)S(=O)(=O)N1CC[C@@]2(CC(=O)NC2=O)C1. The van der Waals surface area contributed by atoms with E-state index in [0.29, 0.717) is 6.42 Å². The molecular formula is C15H19N3O4S. The van der Waals surface area contributed by atoms with Crippen molar-refractivity contribution in [2.75, 3.05) is 20.1 Å². The van der Waals surface area contributed by atoms with Gasteiger partial charge in [-0.3, -0.25) is 14.9 Å². The van der Waals surface area contributed by atoms with Crippen molar-refractivity contribution >= 4 is 22.0 Å². The van der Waals surface area contributed by atoms with Gasteiger partial charge < -0.3 is 0 Å². The van der Waals surface area contributed by atoms with E-state index in [0.717, 1.165) is 5.56 Å². The Morgan fingerprint density at radius 2 is 1.96 bits per heavy atom. The normalized spacial score (nSPS) is 25.5. The van der Waals surface area contributed by atoms with E-state index in [1.807, 2.05) is 30.3 Å². The van der Waals surface area contributed by atoms with Crippen molar-refractivity contribution in [2.45, 2.75) is 19.4 Å². The highest BCUT2D eigenvalue weighted by molar-refractivity contribution is 7.86. The van der Waals surface area contributed by atoms with Gasteiger partial charge in [0.25, 0.3) is 10.2 Å². The molecular weight excluding hydrogens is 318 g/mol. The summed E-state index contributed by atoms with van der Waals surface area (Å²) in [6.45, 7) is 0.575. The van der Waals surface area contributed by atoms with Crippen LogP contribution in [-0.2, 0) is 26.3 Å². The summed E-state index contributed by atoms with van der Waals surface area (Å²) < 4.78 is 28.0. The number of hydrogen-bond acceptors (Lipinski definition) is 4. The van der Waals surface area contributed by atoms with E-state index in [2.05, 4.69) is 5.32 Å².